The van der Waals surface area contributed by atoms with E-state index in [4.69, 9.17) is 8.83 Å². The molecule has 2 aromatic heterocycles. The molecule has 4 heteroatoms. The van der Waals surface area contributed by atoms with E-state index < -0.39 is 0 Å². The van der Waals surface area contributed by atoms with Gasteiger partial charge in [0.05, 0.1) is 22.7 Å². The van der Waals surface area contributed by atoms with Crippen molar-refractivity contribution >= 4 is 110 Å². The van der Waals surface area contributed by atoms with Gasteiger partial charge in [0.1, 0.15) is 11.2 Å². The van der Waals surface area contributed by atoms with Crippen LogP contribution in [-0.2, 0) is 0 Å². The second-order valence-electron chi connectivity index (χ2n) is 20.3. The van der Waals surface area contributed by atoms with Gasteiger partial charge in [-0.3, -0.25) is 0 Å². The van der Waals surface area contributed by atoms with Gasteiger partial charge in [-0.2, -0.15) is 0 Å². The Balaban J connectivity index is 1.00. The van der Waals surface area contributed by atoms with E-state index in [0.29, 0.717) is 0 Å². The van der Waals surface area contributed by atoms with Crippen LogP contribution in [0.3, 0.4) is 0 Å². The molecule has 0 saturated carbocycles. The molecular weight excluding hydrogens is 901 g/mol. The second kappa shape index (κ2) is 16.7. The van der Waals surface area contributed by atoms with Gasteiger partial charge in [0, 0.05) is 54.8 Å². The van der Waals surface area contributed by atoms with Gasteiger partial charge in [0.2, 0.25) is 0 Å². The molecule has 2 heterocycles. The van der Waals surface area contributed by atoms with Crippen LogP contribution in [0.2, 0.25) is 0 Å². The highest BCUT2D eigenvalue weighted by Gasteiger charge is 2.27. The second-order valence-corrected chi connectivity index (χ2v) is 20.3. The zero-order chi connectivity index (χ0) is 49.9. The minimum atomic E-state index is 0.851. The quantitative estimate of drug-likeness (QED) is 0.142. The summed E-state index contributed by atoms with van der Waals surface area (Å²) in [7, 11) is 0. The third-order valence-electron chi connectivity index (χ3n) is 15.7. The lowest BCUT2D eigenvalue weighted by atomic mass is 9.91. The van der Waals surface area contributed by atoms with E-state index in [1.807, 2.05) is 0 Å². The lowest BCUT2D eigenvalue weighted by Crippen LogP contribution is -2.12. The van der Waals surface area contributed by atoms with Crippen molar-refractivity contribution in [1.29, 1.82) is 0 Å². The largest absolute Gasteiger partial charge is 0.453 e. The molecule has 0 radical (unpaired) electrons. The van der Waals surface area contributed by atoms with Crippen LogP contribution in [0.5, 0.6) is 0 Å². The first-order valence-electron chi connectivity index (χ1n) is 25.7. The van der Waals surface area contributed by atoms with E-state index in [9.17, 15) is 0 Å². The zero-order valence-corrected chi connectivity index (χ0v) is 42.3. The Kier molecular flexibility index (Phi) is 9.87. The number of aryl methyl sites for hydroxylation is 6. The van der Waals surface area contributed by atoms with Crippen molar-refractivity contribution in [2.45, 2.75) is 41.5 Å². The summed E-state index contributed by atoms with van der Waals surface area (Å²) in [6.45, 7) is 13.1. The maximum Gasteiger partial charge on any atom is 0.159 e. The highest BCUT2D eigenvalue weighted by Crippen LogP contribution is 2.51. The number of anilines is 6. The van der Waals surface area contributed by atoms with Gasteiger partial charge >= 0.3 is 0 Å². The molecule has 14 aromatic rings. The average Bonchev–Trinajstić information content (AvgIpc) is 4.07. The van der Waals surface area contributed by atoms with Crippen LogP contribution in [0.4, 0.5) is 34.1 Å². The summed E-state index contributed by atoms with van der Waals surface area (Å²) in [5.41, 5.74) is 21.7. The van der Waals surface area contributed by atoms with Gasteiger partial charge in [-0.25, -0.2) is 0 Å². The summed E-state index contributed by atoms with van der Waals surface area (Å²) in [4.78, 5) is 4.81. The van der Waals surface area contributed by atoms with Crippen LogP contribution < -0.4 is 9.80 Å². The van der Waals surface area contributed by atoms with Crippen molar-refractivity contribution in [3.05, 3.63) is 240 Å². The van der Waals surface area contributed by atoms with Crippen LogP contribution in [-0.4, -0.2) is 0 Å². The van der Waals surface area contributed by atoms with Gasteiger partial charge in [-0.15, -0.1) is 0 Å². The number of hydrogen-bond donors (Lipinski definition) is 0. The summed E-state index contributed by atoms with van der Waals surface area (Å²) in [6.07, 6.45) is 0. The number of nitrogens with zero attached hydrogens (tertiary/aromatic N) is 2. The van der Waals surface area contributed by atoms with Crippen molar-refractivity contribution in [2.24, 2.45) is 0 Å². The topological polar surface area (TPSA) is 32.8 Å². The summed E-state index contributed by atoms with van der Waals surface area (Å²) >= 11 is 0. The molecule has 0 saturated heterocycles. The molecule has 74 heavy (non-hydrogen) atoms. The minimum absolute atomic E-state index is 0.851. The first kappa shape index (κ1) is 43.7. The van der Waals surface area contributed by atoms with Crippen molar-refractivity contribution < 1.29 is 8.83 Å². The number of para-hydroxylation sites is 4. The highest BCUT2D eigenvalue weighted by atomic mass is 16.3. The van der Waals surface area contributed by atoms with Crippen molar-refractivity contribution in [3.63, 3.8) is 0 Å². The molecule has 0 aliphatic carbocycles. The number of fused-ring (bicyclic) bond motifs is 6. The summed E-state index contributed by atoms with van der Waals surface area (Å²) in [5, 5.41) is 11.5. The first-order chi connectivity index (χ1) is 36.2. The standard InChI is InChI=1S/C70H52N2O2/c1-41-25-33-49(34-26-41)71(61-23-11-19-53-51-17-9-21-57(67(51)73-69(53)61)63-43(3)13-7-14-44(63)4)59-39-31-47-30-38-56-60(40-32-48-29-37-55(59)65(47)66(48)56)72(50-35-27-42(2)28-36-50)62-24-12-20-54-52-18-10-22-58(68(52)74-70(54)62)64-45(5)15-8-16-46(64)6/h7-40H,1-6H3. The molecule has 4 nitrogen and oxygen atoms in total. The van der Waals surface area contributed by atoms with E-state index in [2.05, 4.69) is 258 Å². The predicted octanol–water partition coefficient (Wildman–Crippen LogP) is 20.5. The Hall–Kier alpha value is -9.12. The first-order valence-corrected chi connectivity index (χ1v) is 25.7. The fraction of sp³-hybridized carbons (Fsp3) is 0.0857. The van der Waals surface area contributed by atoms with Crippen molar-refractivity contribution in [1.82, 2.24) is 0 Å². The van der Waals surface area contributed by atoms with Crippen LogP contribution in [0.15, 0.2) is 215 Å². The molecule has 0 bridgehead atoms. The van der Waals surface area contributed by atoms with E-state index in [0.717, 1.165) is 99.9 Å². The fourth-order valence-corrected chi connectivity index (χ4v) is 12.2. The van der Waals surface area contributed by atoms with Gasteiger partial charge in [-0.05, 0) is 145 Å². The average molecular weight is 953 g/mol. The summed E-state index contributed by atoms with van der Waals surface area (Å²) < 4.78 is 14.4. The lowest BCUT2D eigenvalue weighted by molar-refractivity contribution is 0.669. The summed E-state index contributed by atoms with van der Waals surface area (Å²) in [6, 6.07) is 75.5. The SMILES string of the molecule is Cc1ccc(N(c2ccc3ccc4c(N(c5ccc(C)cc5)c5cccc6c5oc5c(-c7c(C)cccc7C)cccc56)ccc5ccc2c3c54)c2cccc3c2oc2c(-c4c(C)cccc4C)cccc23)cc1. The maximum absolute atomic E-state index is 7.22. The van der Waals surface area contributed by atoms with Crippen LogP contribution >= 0.6 is 0 Å². The molecule has 0 amide bonds. The molecule has 12 aromatic carbocycles. The molecule has 0 aliphatic heterocycles. The third-order valence-corrected chi connectivity index (χ3v) is 15.7. The molecular formula is C70H52N2O2. The Labute approximate surface area is 430 Å². The summed E-state index contributed by atoms with van der Waals surface area (Å²) in [5.74, 6) is 0. The molecule has 0 fully saturated rings. The highest BCUT2D eigenvalue weighted by molar-refractivity contribution is 6.29. The van der Waals surface area contributed by atoms with E-state index in [1.54, 1.807) is 0 Å². The fourth-order valence-electron chi connectivity index (χ4n) is 12.2. The smallest absolute Gasteiger partial charge is 0.159 e. The molecule has 0 aliphatic rings. The van der Waals surface area contributed by atoms with Crippen LogP contribution in [0, 0.1) is 41.5 Å². The monoisotopic (exact) mass is 952 g/mol. The van der Waals surface area contributed by atoms with Gasteiger partial charge in [-0.1, -0.05) is 169 Å². The van der Waals surface area contributed by atoms with E-state index in [-0.39, 0.29) is 0 Å². The Morgan fingerprint density at radius 2 is 0.608 bits per heavy atom. The molecule has 14 rings (SSSR count). The number of hydrogen-bond acceptors (Lipinski definition) is 4. The van der Waals surface area contributed by atoms with Crippen LogP contribution in [0.1, 0.15) is 33.4 Å². The van der Waals surface area contributed by atoms with Gasteiger partial charge < -0.3 is 18.6 Å². The number of furan rings is 2. The minimum Gasteiger partial charge on any atom is -0.453 e. The van der Waals surface area contributed by atoms with E-state index in [1.165, 1.54) is 66.1 Å². The van der Waals surface area contributed by atoms with Crippen LogP contribution in [0.25, 0.3) is 98.4 Å². The zero-order valence-electron chi connectivity index (χ0n) is 42.3. The lowest BCUT2D eigenvalue weighted by Gasteiger charge is -2.29. The predicted molar refractivity (Wildman–Crippen MR) is 313 cm³/mol. The Bertz CT molecular complexity index is 4220. The van der Waals surface area contributed by atoms with Crippen molar-refractivity contribution in [2.75, 3.05) is 9.80 Å². The molecule has 0 spiro atoms. The van der Waals surface area contributed by atoms with E-state index >= 15 is 0 Å². The number of benzene rings is 12. The van der Waals surface area contributed by atoms with Crippen molar-refractivity contribution in [3.8, 4) is 22.3 Å². The maximum atomic E-state index is 7.22. The molecule has 0 N–H and O–H groups in total. The van der Waals surface area contributed by atoms with Gasteiger partial charge in [0.25, 0.3) is 0 Å². The third kappa shape index (κ3) is 6.61. The Morgan fingerprint density at radius 3 is 1.00 bits per heavy atom. The number of rotatable bonds is 8. The molecule has 0 atom stereocenters. The molecule has 0 unspecified atom stereocenters. The van der Waals surface area contributed by atoms with Gasteiger partial charge in [0.15, 0.2) is 11.2 Å². The molecule has 354 valence electrons. The normalized spacial score (nSPS) is 11.9. The Morgan fingerprint density at radius 1 is 0.270 bits per heavy atom.